The Kier molecular flexibility index (Phi) is 15.7. The molecule has 0 atom stereocenters. The van der Waals surface area contributed by atoms with Gasteiger partial charge < -0.3 is 30.1 Å². The number of methoxy groups -OCH3 is 2. The maximum atomic E-state index is 12.3. The number of thiophene rings is 1. The van der Waals surface area contributed by atoms with Crippen molar-refractivity contribution < 1.29 is 74.7 Å². The van der Waals surface area contributed by atoms with Crippen LogP contribution in [-0.4, -0.2) is 78.1 Å². The summed E-state index contributed by atoms with van der Waals surface area (Å²) in [4.78, 5) is 49.1. The number of anilines is 1. The van der Waals surface area contributed by atoms with Crippen molar-refractivity contribution in [2.75, 3.05) is 26.2 Å². The Bertz CT molecular complexity index is 1950. The van der Waals surface area contributed by atoms with Gasteiger partial charge in [0.2, 0.25) is 11.7 Å². The molecule has 53 heavy (non-hydrogen) atoms. The molecule has 0 spiro atoms. The summed E-state index contributed by atoms with van der Waals surface area (Å²) in [5, 5.41) is 30.2. The monoisotopic (exact) mass is 772 g/mol. The number of aliphatic imine (C=N–C) groups is 1. The van der Waals surface area contributed by atoms with Gasteiger partial charge in [0.15, 0.2) is 6.67 Å². The molecule has 282 valence electrons. The first-order chi connectivity index (χ1) is 24.9. The van der Waals surface area contributed by atoms with E-state index in [0.717, 1.165) is 10.6 Å². The first-order valence-electron chi connectivity index (χ1n) is 14.3. The number of hydrogen-bond donors (Lipinski definition) is 4. The van der Waals surface area contributed by atoms with Crippen molar-refractivity contribution in [3.05, 3.63) is 117 Å². The molecular formula is C34H27F7N2O9S. The zero-order valence-electron chi connectivity index (χ0n) is 27.2. The van der Waals surface area contributed by atoms with Crippen LogP contribution < -0.4 is 14.8 Å². The zero-order chi connectivity index (χ0) is 39.9. The van der Waals surface area contributed by atoms with Gasteiger partial charge in [0.05, 0.1) is 42.3 Å². The number of allylic oxidation sites excluding steroid dienone is 1. The third kappa shape index (κ3) is 11.9. The van der Waals surface area contributed by atoms with Gasteiger partial charge in [-0.15, -0.1) is 11.3 Å². The van der Waals surface area contributed by atoms with E-state index in [1.54, 1.807) is 72.1 Å². The minimum absolute atomic E-state index is 0.0625. The Morgan fingerprint density at radius 1 is 0.830 bits per heavy atom. The van der Waals surface area contributed by atoms with E-state index in [1.165, 1.54) is 26.4 Å². The van der Waals surface area contributed by atoms with Crippen molar-refractivity contribution in [3.63, 3.8) is 0 Å². The lowest BCUT2D eigenvalue weighted by Gasteiger charge is -2.22. The average molecular weight is 773 g/mol. The lowest BCUT2D eigenvalue weighted by Crippen LogP contribution is -2.43. The second-order valence-corrected chi connectivity index (χ2v) is 10.8. The van der Waals surface area contributed by atoms with E-state index in [4.69, 9.17) is 24.8 Å². The van der Waals surface area contributed by atoms with Crippen LogP contribution in [0.5, 0.6) is 11.5 Å². The fourth-order valence-electron chi connectivity index (χ4n) is 3.63. The summed E-state index contributed by atoms with van der Waals surface area (Å²) in [6.45, 7) is -2.96. The summed E-state index contributed by atoms with van der Waals surface area (Å²) >= 11 is 1.61. The average Bonchev–Trinajstić information content (AvgIpc) is 3.68. The number of benzene rings is 3. The van der Waals surface area contributed by atoms with Crippen LogP contribution in [-0.2, 0) is 4.79 Å². The Balaban J connectivity index is 0.000000283. The predicted octanol–water partition coefficient (Wildman–Crippen LogP) is 8.31. The Labute approximate surface area is 299 Å². The van der Waals surface area contributed by atoms with Crippen molar-refractivity contribution >= 4 is 52.7 Å². The number of nitrogens with one attached hydrogen (secondary N) is 1. The highest BCUT2D eigenvalue weighted by molar-refractivity contribution is 7.11. The molecule has 0 unspecified atom stereocenters. The Hall–Kier alpha value is -6.24. The van der Waals surface area contributed by atoms with Crippen molar-refractivity contribution in [2.45, 2.75) is 11.8 Å². The van der Waals surface area contributed by atoms with Crippen LogP contribution in [0.3, 0.4) is 0 Å². The number of nitrogens with zero attached hydrogens (tertiary/aromatic N) is 1. The van der Waals surface area contributed by atoms with Crippen molar-refractivity contribution in [1.29, 1.82) is 0 Å². The number of ether oxygens (including phenoxy) is 2. The van der Waals surface area contributed by atoms with Crippen LogP contribution in [0.15, 0.2) is 101 Å². The van der Waals surface area contributed by atoms with E-state index in [0.29, 0.717) is 17.2 Å². The quantitative estimate of drug-likeness (QED) is 0.0628. The summed E-state index contributed by atoms with van der Waals surface area (Å²) in [6.07, 6.45) is 1.76. The molecule has 0 aliphatic carbocycles. The summed E-state index contributed by atoms with van der Waals surface area (Å²) < 4.78 is 94.6. The minimum atomic E-state index is -5.84. The molecule has 4 aromatic rings. The summed E-state index contributed by atoms with van der Waals surface area (Å²) in [6, 6.07) is 21.3. The number of carboxylic acid groups (broad SMARTS) is 3. The number of aromatic carboxylic acids is 2. The van der Waals surface area contributed by atoms with E-state index in [2.05, 4.69) is 10.3 Å². The molecule has 4 rings (SSSR count). The fraction of sp³-hybridized carbons (Fsp3) is 0.147. The van der Waals surface area contributed by atoms with Gasteiger partial charge in [-0.25, -0.2) is 23.2 Å². The molecule has 0 aliphatic heterocycles. The number of carbonyl (C=O) groups excluding carboxylic acids is 1. The third-order valence-corrected chi connectivity index (χ3v) is 7.15. The number of hydrogen-bond acceptors (Lipinski definition) is 8. The number of alkyl halides is 5. The molecule has 0 saturated carbocycles. The van der Waals surface area contributed by atoms with Crippen LogP contribution in [0, 0.1) is 0 Å². The number of carboxylic acids is 3. The second-order valence-electron chi connectivity index (χ2n) is 9.84. The zero-order valence-corrected chi connectivity index (χ0v) is 28.0. The van der Waals surface area contributed by atoms with Gasteiger partial charge in [-0.2, -0.15) is 22.0 Å². The van der Waals surface area contributed by atoms with Crippen LogP contribution in [0.1, 0.15) is 36.0 Å². The van der Waals surface area contributed by atoms with Gasteiger partial charge in [-0.1, -0.05) is 18.2 Å². The highest BCUT2D eigenvalue weighted by atomic mass is 32.1. The molecule has 11 nitrogen and oxygen atoms in total. The molecule has 1 aromatic heterocycles. The normalized spacial score (nSPS) is 11.6. The number of halogens is 7. The van der Waals surface area contributed by atoms with E-state index < -0.39 is 54.0 Å². The fourth-order valence-corrected chi connectivity index (χ4v) is 4.21. The van der Waals surface area contributed by atoms with Gasteiger partial charge in [-0.05, 0) is 60.0 Å². The van der Waals surface area contributed by atoms with E-state index in [9.17, 15) is 49.9 Å². The molecule has 0 saturated heterocycles. The van der Waals surface area contributed by atoms with Gasteiger partial charge in [0, 0.05) is 17.2 Å². The topological polar surface area (TPSA) is 172 Å². The van der Waals surface area contributed by atoms with Crippen LogP contribution >= 0.6 is 11.3 Å². The third-order valence-electron chi connectivity index (χ3n) is 6.34. The number of amides is 1. The molecule has 3 aromatic carbocycles. The van der Waals surface area contributed by atoms with Gasteiger partial charge in [0.25, 0.3) is 5.91 Å². The van der Waals surface area contributed by atoms with Crippen LogP contribution in [0.2, 0.25) is 0 Å². The molecule has 0 bridgehead atoms. The second kappa shape index (κ2) is 19.4. The van der Waals surface area contributed by atoms with Gasteiger partial charge >= 0.3 is 29.8 Å². The molecule has 1 amide bonds. The summed E-state index contributed by atoms with van der Waals surface area (Å²) in [5.74, 6) is -22.4. The van der Waals surface area contributed by atoms with Gasteiger partial charge in [0.1, 0.15) is 11.5 Å². The summed E-state index contributed by atoms with van der Waals surface area (Å²) in [5.41, 5.74) is 1.46. The van der Waals surface area contributed by atoms with Crippen molar-refractivity contribution in [2.24, 2.45) is 4.99 Å². The first-order valence-corrected chi connectivity index (χ1v) is 15.1. The molecule has 0 fully saturated rings. The molecule has 0 radical (unpaired) electrons. The Morgan fingerprint density at radius 2 is 1.45 bits per heavy atom. The number of aliphatic carboxylic acids is 1. The smallest absolute Gasteiger partial charge is 0.367 e. The van der Waals surface area contributed by atoms with Crippen molar-refractivity contribution in [3.8, 4) is 11.5 Å². The number of carbonyl (C=O) groups is 4. The lowest BCUT2D eigenvalue weighted by molar-refractivity contribution is -0.203. The standard InChI is InChI=1S/C16H15NO5.C12H9NO2S.C6H3F7O2/c1-21-10-7-8-13(14(9-10)22-2)17-15(18)11-5-3-4-6-12(11)16(19)20;14-12(15)9-3-5-10(6-4-9)13-8-11-2-1-7-16-11;7-1-5(10,11)6(12,13)3(9)2(8)4(14)15/h3-9H,1-2H3,(H,17,18)(H,19,20);1-8H,(H,14,15);1H2,(H,14,15)/b;;3-2+. The Morgan fingerprint density at radius 3 is 1.94 bits per heavy atom. The number of rotatable bonds is 12. The highest BCUT2D eigenvalue weighted by Gasteiger charge is 2.61. The molecule has 0 aliphatic rings. The minimum Gasteiger partial charge on any atom is -0.497 e. The molecule has 4 N–H and O–H groups in total. The maximum absolute atomic E-state index is 12.3. The molecule has 1 heterocycles. The molecular weight excluding hydrogens is 745 g/mol. The lowest BCUT2D eigenvalue weighted by atomic mass is 10.1. The van der Waals surface area contributed by atoms with E-state index in [-0.39, 0.29) is 16.7 Å². The van der Waals surface area contributed by atoms with E-state index >= 15 is 0 Å². The van der Waals surface area contributed by atoms with Crippen LogP contribution in [0.4, 0.5) is 42.1 Å². The maximum Gasteiger partial charge on any atom is 0.367 e. The van der Waals surface area contributed by atoms with E-state index in [1.807, 2.05) is 17.5 Å². The molecule has 19 heteroatoms. The van der Waals surface area contributed by atoms with Gasteiger partial charge in [-0.3, -0.25) is 9.79 Å². The summed E-state index contributed by atoms with van der Waals surface area (Å²) in [7, 11) is 2.99. The first kappa shape index (κ1) is 42.9. The van der Waals surface area contributed by atoms with Crippen molar-refractivity contribution in [1.82, 2.24) is 0 Å². The largest absolute Gasteiger partial charge is 0.497 e. The van der Waals surface area contributed by atoms with Crippen LogP contribution in [0.25, 0.3) is 0 Å². The SMILES string of the molecule is COc1ccc(NC(=O)c2ccccc2C(=O)O)c(OC)c1.O=C(O)/C(F)=C(\F)C(F)(F)C(F)(F)CF.O=C(O)c1ccc(N=Cc2cccs2)cc1. The predicted molar refractivity (Wildman–Crippen MR) is 179 cm³/mol. The highest BCUT2D eigenvalue weighted by Crippen LogP contribution is 2.42.